The molecular formula is C13H18BrNO. The zero-order valence-corrected chi connectivity index (χ0v) is 11.2. The third-order valence-electron chi connectivity index (χ3n) is 3.08. The van der Waals surface area contributed by atoms with Crippen molar-refractivity contribution in [2.24, 2.45) is 0 Å². The fourth-order valence-corrected chi connectivity index (χ4v) is 2.29. The number of hydrogen-bond acceptors (Lipinski definition) is 2. The van der Waals surface area contributed by atoms with Crippen LogP contribution in [-0.2, 0) is 4.84 Å². The molecule has 16 heavy (non-hydrogen) atoms. The molecule has 0 bridgehead atoms. The summed E-state index contributed by atoms with van der Waals surface area (Å²) in [6.07, 6.45) is 5.41. The van der Waals surface area contributed by atoms with Crippen molar-refractivity contribution in [3.8, 4) is 0 Å². The van der Waals surface area contributed by atoms with Gasteiger partial charge in [0.25, 0.3) is 0 Å². The molecule has 1 saturated carbocycles. The molecule has 0 amide bonds. The molecule has 0 radical (unpaired) electrons. The lowest BCUT2D eigenvalue weighted by molar-refractivity contribution is -0.0376. The Morgan fingerprint density at radius 1 is 1.25 bits per heavy atom. The highest BCUT2D eigenvalue weighted by Crippen LogP contribution is 2.22. The van der Waals surface area contributed by atoms with E-state index in [2.05, 4.69) is 52.6 Å². The molecular weight excluding hydrogens is 266 g/mol. The van der Waals surface area contributed by atoms with Gasteiger partial charge in [0.2, 0.25) is 0 Å². The van der Waals surface area contributed by atoms with Gasteiger partial charge in [-0.2, -0.15) is 5.48 Å². The van der Waals surface area contributed by atoms with Gasteiger partial charge in [0.1, 0.15) is 0 Å². The molecule has 3 heteroatoms. The molecule has 2 nitrogen and oxygen atoms in total. The molecule has 1 fully saturated rings. The maximum atomic E-state index is 5.69. The van der Waals surface area contributed by atoms with Gasteiger partial charge in [-0.05, 0) is 37.5 Å². The van der Waals surface area contributed by atoms with Crippen molar-refractivity contribution in [1.82, 2.24) is 5.48 Å². The number of halogens is 1. The van der Waals surface area contributed by atoms with Gasteiger partial charge < -0.3 is 0 Å². The Balaban J connectivity index is 1.82. The summed E-state index contributed by atoms with van der Waals surface area (Å²) >= 11 is 3.44. The lowest BCUT2D eigenvalue weighted by Crippen LogP contribution is -2.24. The first-order valence-electron chi connectivity index (χ1n) is 5.92. The van der Waals surface area contributed by atoms with Gasteiger partial charge in [-0.15, -0.1) is 0 Å². The smallest absolute Gasteiger partial charge is 0.0790 e. The molecule has 0 saturated heterocycles. The predicted molar refractivity (Wildman–Crippen MR) is 69.0 cm³/mol. The van der Waals surface area contributed by atoms with Crippen LogP contribution in [0.4, 0.5) is 0 Å². The topological polar surface area (TPSA) is 21.3 Å². The van der Waals surface area contributed by atoms with E-state index >= 15 is 0 Å². The monoisotopic (exact) mass is 283 g/mol. The van der Waals surface area contributed by atoms with Crippen LogP contribution in [0.2, 0.25) is 0 Å². The molecule has 1 aliphatic rings. The summed E-state index contributed by atoms with van der Waals surface area (Å²) in [6, 6.07) is 8.58. The van der Waals surface area contributed by atoms with Crippen LogP contribution in [0.15, 0.2) is 28.7 Å². The number of hydrogen-bond donors (Lipinski definition) is 1. The molecule has 1 N–H and O–H groups in total. The fourth-order valence-electron chi connectivity index (χ4n) is 2.02. The van der Waals surface area contributed by atoms with Gasteiger partial charge in [0, 0.05) is 4.47 Å². The Morgan fingerprint density at radius 3 is 2.50 bits per heavy atom. The first-order chi connectivity index (χ1) is 7.75. The Hall–Kier alpha value is -0.380. The average molecular weight is 284 g/mol. The highest BCUT2D eigenvalue weighted by molar-refractivity contribution is 9.10. The standard InChI is InChI=1S/C13H18BrNO/c1-10(11-6-8-12(14)9-7-11)15-16-13-4-2-3-5-13/h6-10,13,15H,2-5H2,1H3. The van der Waals surface area contributed by atoms with Crippen LogP contribution in [0.1, 0.15) is 44.2 Å². The maximum Gasteiger partial charge on any atom is 0.0790 e. The van der Waals surface area contributed by atoms with Crippen LogP contribution in [-0.4, -0.2) is 6.10 Å². The van der Waals surface area contributed by atoms with E-state index in [9.17, 15) is 0 Å². The van der Waals surface area contributed by atoms with E-state index in [1.807, 2.05) is 0 Å². The number of nitrogens with one attached hydrogen (secondary N) is 1. The average Bonchev–Trinajstić information content (AvgIpc) is 2.80. The van der Waals surface area contributed by atoms with E-state index in [4.69, 9.17) is 4.84 Å². The summed E-state index contributed by atoms with van der Waals surface area (Å²) in [4.78, 5) is 5.69. The Kier molecular flexibility index (Phi) is 4.38. The van der Waals surface area contributed by atoms with Gasteiger partial charge >= 0.3 is 0 Å². The van der Waals surface area contributed by atoms with Crippen molar-refractivity contribution < 1.29 is 4.84 Å². The minimum atomic E-state index is 0.244. The fraction of sp³-hybridized carbons (Fsp3) is 0.538. The highest BCUT2D eigenvalue weighted by atomic mass is 79.9. The van der Waals surface area contributed by atoms with E-state index in [1.165, 1.54) is 31.2 Å². The van der Waals surface area contributed by atoms with Crippen LogP contribution in [0.3, 0.4) is 0 Å². The molecule has 0 spiro atoms. The number of benzene rings is 1. The van der Waals surface area contributed by atoms with Crippen LogP contribution in [0, 0.1) is 0 Å². The zero-order valence-electron chi connectivity index (χ0n) is 9.58. The van der Waals surface area contributed by atoms with Crippen molar-refractivity contribution >= 4 is 15.9 Å². The maximum absolute atomic E-state index is 5.69. The molecule has 1 unspecified atom stereocenters. The molecule has 1 aromatic rings. The summed E-state index contributed by atoms with van der Waals surface area (Å²) in [5.74, 6) is 0. The van der Waals surface area contributed by atoms with Crippen LogP contribution in [0.25, 0.3) is 0 Å². The van der Waals surface area contributed by atoms with E-state index in [1.54, 1.807) is 0 Å². The summed E-state index contributed by atoms with van der Waals surface area (Å²) < 4.78 is 1.11. The predicted octanol–water partition coefficient (Wildman–Crippen LogP) is 3.97. The number of hydroxylamine groups is 1. The van der Waals surface area contributed by atoms with Crippen LogP contribution >= 0.6 is 15.9 Å². The first kappa shape index (κ1) is 12.1. The normalized spacial score (nSPS) is 18.9. The number of rotatable bonds is 4. The van der Waals surface area contributed by atoms with Crippen molar-refractivity contribution in [3.63, 3.8) is 0 Å². The second-order valence-electron chi connectivity index (χ2n) is 4.42. The lowest BCUT2D eigenvalue weighted by Gasteiger charge is -2.17. The molecule has 1 aromatic carbocycles. The largest absolute Gasteiger partial charge is 0.298 e. The summed E-state index contributed by atoms with van der Waals surface area (Å²) in [5.41, 5.74) is 4.40. The summed E-state index contributed by atoms with van der Waals surface area (Å²) in [5, 5.41) is 0. The third-order valence-corrected chi connectivity index (χ3v) is 3.61. The van der Waals surface area contributed by atoms with E-state index < -0.39 is 0 Å². The minimum Gasteiger partial charge on any atom is -0.298 e. The van der Waals surface area contributed by atoms with Gasteiger partial charge in [-0.25, -0.2) is 0 Å². The highest BCUT2D eigenvalue weighted by Gasteiger charge is 2.16. The summed E-state index contributed by atoms with van der Waals surface area (Å²) in [7, 11) is 0. The van der Waals surface area contributed by atoms with Crippen molar-refractivity contribution in [1.29, 1.82) is 0 Å². The molecule has 0 aromatic heterocycles. The lowest BCUT2D eigenvalue weighted by atomic mass is 10.1. The second-order valence-corrected chi connectivity index (χ2v) is 5.33. The molecule has 0 aliphatic heterocycles. The Morgan fingerprint density at radius 2 is 1.88 bits per heavy atom. The van der Waals surface area contributed by atoms with Crippen molar-refractivity contribution in [3.05, 3.63) is 34.3 Å². The first-order valence-corrected chi connectivity index (χ1v) is 6.71. The van der Waals surface area contributed by atoms with Crippen LogP contribution in [0.5, 0.6) is 0 Å². The molecule has 88 valence electrons. The van der Waals surface area contributed by atoms with Crippen molar-refractivity contribution in [2.75, 3.05) is 0 Å². The molecule has 0 heterocycles. The van der Waals surface area contributed by atoms with E-state index in [0.717, 1.165) is 4.47 Å². The minimum absolute atomic E-state index is 0.244. The Labute approximate surface area is 105 Å². The van der Waals surface area contributed by atoms with Crippen molar-refractivity contribution in [2.45, 2.75) is 44.8 Å². The van der Waals surface area contributed by atoms with Gasteiger partial charge in [-0.3, -0.25) is 4.84 Å². The third kappa shape index (κ3) is 3.30. The quantitative estimate of drug-likeness (QED) is 0.845. The van der Waals surface area contributed by atoms with Crippen LogP contribution < -0.4 is 5.48 Å². The zero-order chi connectivity index (χ0) is 11.4. The van der Waals surface area contributed by atoms with E-state index in [-0.39, 0.29) is 6.04 Å². The molecule has 1 aliphatic carbocycles. The van der Waals surface area contributed by atoms with E-state index in [0.29, 0.717) is 6.10 Å². The van der Waals surface area contributed by atoms with Gasteiger partial charge in [0.15, 0.2) is 0 Å². The second kappa shape index (κ2) is 5.80. The summed E-state index contributed by atoms with van der Waals surface area (Å²) in [6.45, 7) is 2.12. The van der Waals surface area contributed by atoms with Gasteiger partial charge in [-0.1, -0.05) is 40.9 Å². The van der Waals surface area contributed by atoms with Gasteiger partial charge in [0.05, 0.1) is 12.1 Å². The SMILES string of the molecule is CC(NOC1CCCC1)c1ccc(Br)cc1. The molecule has 2 rings (SSSR count). The Bertz CT molecular complexity index is 319. The molecule has 1 atom stereocenters.